The highest BCUT2D eigenvalue weighted by atomic mass is 16.3. The molecule has 1 unspecified atom stereocenters. The van der Waals surface area contributed by atoms with Gasteiger partial charge in [0.05, 0.1) is 5.60 Å². The summed E-state index contributed by atoms with van der Waals surface area (Å²) in [5.41, 5.74) is -0.640. The third kappa shape index (κ3) is 9.09. The van der Waals surface area contributed by atoms with Crippen LogP contribution in [0.5, 0.6) is 0 Å². The Balaban J connectivity index is 2.51. The van der Waals surface area contributed by atoms with Crippen LogP contribution in [0.25, 0.3) is 0 Å². The van der Waals surface area contributed by atoms with E-state index in [9.17, 15) is 5.11 Å². The minimum Gasteiger partial charge on any atom is -0.389 e. The van der Waals surface area contributed by atoms with Crippen molar-refractivity contribution in [1.82, 2.24) is 16.0 Å². The zero-order chi connectivity index (χ0) is 16.8. The van der Waals surface area contributed by atoms with Gasteiger partial charge < -0.3 is 21.1 Å². The standard InChI is InChI=1S/C18H39N3O/c1-13(2)10-19-15-7-16(20-11-14(3)4)9-17(8-15)21-12-18(5,6)22/h13-17,19-22H,7-12H2,1-6H3/t15-,16+,17?. The average molecular weight is 314 g/mol. The molecule has 1 saturated carbocycles. The molecule has 4 N–H and O–H groups in total. The van der Waals surface area contributed by atoms with Crippen molar-refractivity contribution in [3.63, 3.8) is 0 Å². The maximum Gasteiger partial charge on any atom is 0.0715 e. The molecule has 22 heavy (non-hydrogen) atoms. The summed E-state index contributed by atoms with van der Waals surface area (Å²) >= 11 is 0. The minimum atomic E-state index is -0.640. The van der Waals surface area contributed by atoms with Crippen LogP contribution in [-0.2, 0) is 0 Å². The van der Waals surface area contributed by atoms with Crippen LogP contribution in [0, 0.1) is 11.8 Å². The van der Waals surface area contributed by atoms with Crippen molar-refractivity contribution in [2.45, 2.75) is 84.5 Å². The molecule has 0 saturated heterocycles. The monoisotopic (exact) mass is 313 g/mol. The zero-order valence-electron chi connectivity index (χ0n) is 15.6. The first kappa shape index (κ1) is 19.9. The van der Waals surface area contributed by atoms with Gasteiger partial charge in [0.1, 0.15) is 0 Å². The lowest BCUT2D eigenvalue weighted by molar-refractivity contribution is 0.0723. The average Bonchev–Trinajstić information content (AvgIpc) is 2.40. The number of hydrogen-bond donors (Lipinski definition) is 4. The highest BCUT2D eigenvalue weighted by molar-refractivity contribution is 4.91. The van der Waals surface area contributed by atoms with Crippen LogP contribution in [0.2, 0.25) is 0 Å². The second-order valence-electron chi connectivity index (χ2n) is 8.60. The van der Waals surface area contributed by atoms with E-state index in [1.165, 1.54) is 6.42 Å². The first-order chi connectivity index (χ1) is 10.2. The van der Waals surface area contributed by atoms with Gasteiger partial charge in [-0.15, -0.1) is 0 Å². The third-order valence-electron chi connectivity index (χ3n) is 4.16. The first-order valence-corrected chi connectivity index (χ1v) is 9.08. The van der Waals surface area contributed by atoms with Crippen molar-refractivity contribution in [2.24, 2.45) is 11.8 Å². The van der Waals surface area contributed by atoms with E-state index in [-0.39, 0.29) is 0 Å². The van der Waals surface area contributed by atoms with E-state index in [1.54, 1.807) is 0 Å². The summed E-state index contributed by atoms with van der Waals surface area (Å²) in [5.74, 6) is 1.37. The maximum atomic E-state index is 9.94. The smallest absolute Gasteiger partial charge is 0.0715 e. The van der Waals surface area contributed by atoms with Gasteiger partial charge in [0.15, 0.2) is 0 Å². The number of aliphatic hydroxyl groups is 1. The Kier molecular flexibility index (Phi) is 8.33. The summed E-state index contributed by atoms with van der Waals surface area (Å²) in [6, 6.07) is 1.62. The van der Waals surface area contributed by atoms with Crippen molar-refractivity contribution in [3.05, 3.63) is 0 Å². The van der Waals surface area contributed by atoms with Crippen LogP contribution in [0.15, 0.2) is 0 Å². The quantitative estimate of drug-likeness (QED) is 0.527. The number of nitrogens with one attached hydrogen (secondary N) is 3. The predicted molar refractivity (Wildman–Crippen MR) is 95.2 cm³/mol. The molecule has 0 radical (unpaired) electrons. The van der Waals surface area contributed by atoms with Gasteiger partial charge in [-0.3, -0.25) is 0 Å². The molecule has 0 aromatic rings. The molecule has 4 heteroatoms. The number of hydrogen-bond acceptors (Lipinski definition) is 4. The summed E-state index contributed by atoms with van der Waals surface area (Å²) in [6.45, 7) is 15.6. The predicted octanol–water partition coefficient (Wildman–Crippen LogP) is 2.13. The van der Waals surface area contributed by atoms with E-state index in [2.05, 4.69) is 43.6 Å². The minimum absolute atomic E-state index is 0.481. The molecule has 3 atom stereocenters. The molecular formula is C18H39N3O. The summed E-state index contributed by atoms with van der Waals surface area (Å²) in [4.78, 5) is 0. The molecule has 0 amide bonds. The van der Waals surface area contributed by atoms with Crippen LogP contribution < -0.4 is 16.0 Å². The van der Waals surface area contributed by atoms with E-state index in [1.807, 2.05) is 13.8 Å². The van der Waals surface area contributed by atoms with Crippen molar-refractivity contribution in [2.75, 3.05) is 19.6 Å². The van der Waals surface area contributed by atoms with E-state index in [0.29, 0.717) is 36.5 Å². The second-order valence-corrected chi connectivity index (χ2v) is 8.60. The fourth-order valence-corrected chi connectivity index (χ4v) is 3.02. The van der Waals surface area contributed by atoms with Crippen molar-refractivity contribution in [1.29, 1.82) is 0 Å². The summed E-state index contributed by atoms with van der Waals surface area (Å²) in [7, 11) is 0. The van der Waals surface area contributed by atoms with E-state index < -0.39 is 5.60 Å². The van der Waals surface area contributed by atoms with Crippen LogP contribution in [0.4, 0.5) is 0 Å². The Morgan fingerprint density at radius 1 is 0.818 bits per heavy atom. The van der Waals surface area contributed by atoms with Gasteiger partial charge in [-0.25, -0.2) is 0 Å². The molecule has 0 aromatic carbocycles. The largest absolute Gasteiger partial charge is 0.389 e. The van der Waals surface area contributed by atoms with Gasteiger partial charge in [-0.05, 0) is 58.0 Å². The topological polar surface area (TPSA) is 56.3 Å². The normalized spacial score (nSPS) is 26.9. The zero-order valence-corrected chi connectivity index (χ0v) is 15.6. The Morgan fingerprint density at radius 2 is 1.18 bits per heavy atom. The van der Waals surface area contributed by atoms with Gasteiger partial charge in [-0.1, -0.05) is 27.7 Å². The summed E-state index contributed by atoms with van der Waals surface area (Å²) in [5, 5.41) is 21.0. The highest BCUT2D eigenvalue weighted by Gasteiger charge is 2.29. The van der Waals surface area contributed by atoms with E-state index >= 15 is 0 Å². The first-order valence-electron chi connectivity index (χ1n) is 9.08. The van der Waals surface area contributed by atoms with Crippen molar-refractivity contribution < 1.29 is 5.11 Å². The molecule has 0 aliphatic heterocycles. The van der Waals surface area contributed by atoms with Crippen LogP contribution in [0.3, 0.4) is 0 Å². The fraction of sp³-hybridized carbons (Fsp3) is 1.00. The Morgan fingerprint density at radius 3 is 1.50 bits per heavy atom. The molecule has 0 bridgehead atoms. The molecule has 0 spiro atoms. The van der Waals surface area contributed by atoms with Gasteiger partial charge in [-0.2, -0.15) is 0 Å². The van der Waals surface area contributed by atoms with Gasteiger partial charge in [0.25, 0.3) is 0 Å². The molecule has 4 nitrogen and oxygen atoms in total. The van der Waals surface area contributed by atoms with Gasteiger partial charge in [0, 0.05) is 24.7 Å². The van der Waals surface area contributed by atoms with Crippen LogP contribution in [-0.4, -0.2) is 48.5 Å². The lowest BCUT2D eigenvalue weighted by Gasteiger charge is -2.38. The molecule has 0 aromatic heterocycles. The Bertz CT molecular complexity index is 279. The third-order valence-corrected chi connectivity index (χ3v) is 4.16. The van der Waals surface area contributed by atoms with Gasteiger partial charge >= 0.3 is 0 Å². The van der Waals surface area contributed by atoms with Crippen molar-refractivity contribution in [3.8, 4) is 0 Å². The Hall–Kier alpha value is -0.160. The van der Waals surface area contributed by atoms with Crippen molar-refractivity contribution >= 4 is 0 Å². The molecule has 132 valence electrons. The molecule has 1 rings (SSSR count). The lowest BCUT2D eigenvalue weighted by atomic mass is 9.86. The fourth-order valence-electron chi connectivity index (χ4n) is 3.02. The maximum absolute atomic E-state index is 9.94. The van der Waals surface area contributed by atoms with E-state index in [0.717, 1.165) is 25.9 Å². The van der Waals surface area contributed by atoms with E-state index in [4.69, 9.17) is 0 Å². The van der Waals surface area contributed by atoms with Gasteiger partial charge in [0.2, 0.25) is 0 Å². The van der Waals surface area contributed by atoms with Crippen LogP contribution >= 0.6 is 0 Å². The molecule has 1 aliphatic carbocycles. The lowest BCUT2D eigenvalue weighted by Crippen LogP contribution is -2.53. The molecule has 1 aliphatic rings. The molecule has 0 heterocycles. The SMILES string of the molecule is CC(C)CN[C@@H]1CC(NCC(C)(C)O)C[C@H](NCC(C)C)C1. The Labute approximate surface area is 137 Å². The molecule has 1 fully saturated rings. The van der Waals surface area contributed by atoms with Crippen LogP contribution in [0.1, 0.15) is 60.8 Å². The second kappa shape index (κ2) is 9.21. The highest BCUT2D eigenvalue weighted by Crippen LogP contribution is 2.20. The molecular weight excluding hydrogens is 274 g/mol. The summed E-state index contributed by atoms with van der Waals surface area (Å²) in [6.07, 6.45) is 3.52. The number of rotatable bonds is 9. The summed E-state index contributed by atoms with van der Waals surface area (Å²) < 4.78 is 0.